The van der Waals surface area contributed by atoms with Crippen LogP contribution in [0.4, 0.5) is 5.69 Å². The van der Waals surface area contributed by atoms with Crippen molar-refractivity contribution in [2.24, 2.45) is 0 Å². The molecule has 2 aromatic carbocycles. The number of hydrogen-bond acceptors (Lipinski definition) is 4. The molecule has 0 spiro atoms. The van der Waals surface area contributed by atoms with E-state index in [0.717, 1.165) is 35.1 Å². The molecule has 8 heteroatoms. The molecule has 1 saturated carbocycles. The number of fused-ring (bicyclic) bond motifs is 1. The monoisotopic (exact) mass is 502 g/mol. The molecule has 2 fully saturated rings. The lowest BCUT2D eigenvalue weighted by molar-refractivity contribution is -0.122. The van der Waals surface area contributed by atoms with Crippen LogP contribution >= 0.6 is 12.2 Å². The Balaban J connectivity index is 1.43. The third-order valence-electron chi connectivity index (χ3n) is 6.81. The van der Waals surface area contributed by atoms with Crippen molar-refractivity contribution < 1.29 is 14.3 Å². The molecule has 1 saturated heterocycles. The van der Waals surface area contributed by atoms with Gasteiger partial charge in [-0.2, -0.15) is 0 Å². The van der Waals surface area contributed by atoms with E-state index in [2.05, 4.69) is 5.32 Å². The Morgan fingerprint density at radius 2 is 1.86 bits per heavy atom. The number of para-hydroxylation sites is 1. The number of likely N-dealkylation sites (N-methyl/N-ethyl adjacent to an activating group) is 1. The quantitative estimate of drug-likeness (QED) is 0.375. The Hall–Kier alpha value is -3.65. The van der Waals surface area contributed by atoms with E-state index in [9.17, 15) is 9.59 Å². The van der Waals surface area contributed by atoms with Crippen molar-refractivity contribution in [3.05, 3.63) is 66.0 Å². The highest BCUT2D eigenvalue weighted by Gasteiger charge is 2.37. The molecular formula is C28H30N4O3S. The first-order valence-electron chi connectivity index (χ1n) is 12.4. The summed E-state index contributed by atoms with van der Waals surface area (Å²) in [6.07, 6.45) is 8.24. The first-order valence-corrected chi connectivity index (χ1v) is 12.8. The lowest BCUT2D eigenvalue weighted by Gasteiger charge is -2.16. The summed E-state index contributed by atoms with van der Waals surface area (Å²) in [5.41, 5.74) is 2.98. The molecule has 36 heavy (non-hydrogen) atoms. The molecule has 1 aliphatic heterocycles. The van der Waals surface area contributed by atoms with Gasteiger partial charge in [0.15, 0.2) is 5.11 Å². The number of amides is 2. The zero-order valence-corrected chi connectivity index (χ0v) is 21.4. The van der Waals surface area contributed by atoms with Crippen LogP contribution in [0.25, 0.3) is 17.0 Å². The molecule has 0 radical (unpaired) electrons. The van der Waals surface area contributed by atoms with Crippen molar-refractivity contribution in [1.82, 2.24) is 14.8 Å². The molecule has 3 aromatic rings. The summed E-state index contributed by atoms with van der Waals surface area (Å²) in [4.78, 5) is 29.5. The van der Waals surface area contributed by atoms with E-state index >= 15 is 0 Å². The van der Waals surface area contributed by atoms with Gasteiger partial charge in [-0.15, -0.1) is 0 Å². The number of thiocarbonyl (C=S) groups is 1. The maximum atomic E-state index is 13.5. The third kappa shape index (κ3) is 4.60. The fraction of sp³-hybridized carbons (Fsp3) is 0.321. The highest BCUT2D eigenvalue weighted by Crippen LogP contribution is 2.31. The number of hydrogen-bond donors (Lipinski definition) is 1. The van der Waals surface area contributed by atoms with Gasteiger partial charge >= 0.3 is 0 Å². The second kappa shape index (κ2) is 10.1. The molecule has 1 aromatic heterocycles. The predicted octanol–water partition coefficient (Wildman–Crippen LogP) is 4.70. The number of nitrogens with one attached hydrogen (secondary N) is 1. The Labute approximate surface area is 216 Å². The summed E-state index contributed by atoms with van der Waals surface area (Å²) in [5, 5.41) is 4.55. The largest absolute Gasteiger partial charge is 0.494 e. The van der Waals surface area contributed by atoms with Crippen molar-refractivity contribution in [3.63, 3.8) is 0 Å². The van der Waals surface area contributed by atoms with Gasteiger partial charge in [-0.3, -0.25) is 14.5 Å². The zero-order valence-electron chi connectivity index (χ0n) is 20.6. The minimum Gasteiger partial charge on any atom is -0.494 e. The Morgan fingerprint density at radius 1 is 1.14 bits per heavy atom. The average Bonchev–Trinajstić information content (AvgIpc) is 3.56. The first kappa shape index (κ1) is 24.1. The van der Waals surface area contributed by atoms with Crippen LogP contribution in [0.2, 0.25) is 0 Å². The molecule has 2 heterocycles. The number of rotatable bonds is 7. The molecule has 2 aliphatic rings. The van der Waals surface area contributed by atoms with Crippen LogP contribution in [0, 0.1) is 0 Å². The molecule has 7 nitrogen and oxygen atoms in total. The second-order valence-electron chi connectivity index (χ2n) is 9.22. The summed E-state index contributed by atoms with van der Waals surface area (Å²) in [6, 6.07) is 15.5. The SMILES string of the molecule is CCOc1ccc(N2C(=O)/C(=C/c3cn(CC(=O)NC4CCCC4)c4ccccc34)N(C)C2=S)cc1. The van der Waals surface area contributed by atoms with Gasteiger partial charge in [0.05, 0.1) is 12.3 Å². The van der Waals surface area contributed by atoms with Crippen LogP contribution in [-0.4, -0.2) is 46.1 Å². The highest BCUT2D eigenvalue weighted by molar-refractivity contribution is 7.80. The van der Waals surface area contributed by atoms with Crippen molar-refractivity contribution in [2.45, 2.75) is 45.2 Å². The minimum atomic E-state index is -0.192. The smallest absolute Gasteiger partial charge is 0.281 e. The van der Waals surface area contributed by atoms with E-state index < -0.39 is 0 Å². The minimum absolute atomic E-state index is 0.0127. The molecule has 0 unspecified atom stereocenters. The van der Waals surface area contributed by atoms with Gasteiger partial charge in [0.25, 0.3) is 5.91 Å². The molecule has 1 N–H and O–H groups in total. The zero-order chi connectivity index (χ0) is 25.2. The van der Waals surface area contributed by atoms with E-state index in [1.165, 1.54) is 17.7 Å². The lowest BCUT2D eigenvalue weighted by atomic mass is 10.1. The van der Waals surface area contributed by atoms with Crippen molar-refractivity contribution in [3.8, 4) is 5.75 Å². The summed E-state index contributed by atoms with van der Waals surface area (Å²) in [7, 11) is 1.80. The van der Waals surface area contributed by atoms with E-state index in [4.69, 9.17) is 17.0 Å². The van der Waals surface area contributed by atoms with Crippen LogP contribution in [-0.2, 0) is 16.1 Å². The molecule has 0 bridgehead atoms. The number of aromatic nitrogens is 1. The fourth-order valence-corrected chi connectivity index (χ4v) is 5.30. The maximum Gasteiger partial charge on any atom is 0.281 e. The number of carbonyl (C=O) groups excluding carboxylic acids is 2. The summed E-state index contributed by atoms with van der Waals surface area (Å²) < 4.78 is 7.47. The van der Waals surface area contributed by atoms with Gasteiger partial charge in [0.1, 0.15) is 18.0 Å². The normalized spacial score (nSPS) is 17.6. The van der Waals surface area contributed by atoms with Gasteiger partial charge < -0.3 is 19.5 Å². The lowest BCUT2D eigenvalue weighted by Crippen LogP contribution is -2.35. The number of ether oxygens (including phenoxy) is 1. The summed E-state index contributed by atoms with van der Waals surface area (Å²) >= 11 is 5.63. The Kier molecular flexibility index (Phi) is 6.78. The Morgan fingerprint density at radius 3 is 2.58 bits per heavy atom. The van der Waals surface area contributed by atoms with Crippen LogP contribution in [0.1, 0.15) is 38.2 Å². The van der Waals surface area contributed by atoms with E-state index in [0.29, 0.717) is 23.1 Å². The highest BCUT2D eigenvalue weighted by atomic mass is 32.1. The van der Waals surface area contributed by atoms with Crippen LogP contribution < -0.4 is 15.0 Å². The molecule has 5 rings (SSSR count). The third-order valence-corrected chi connectivity index (χ3v) is 7.27. The Bertz CT molecular complexity index is 1340. The number of carbonyl (C=O) groups is 2. The predicted molar refractivity (Wildman–Crippen MR) is 146 cm³/mol. The number of nitrogens with zero attached hydrogens (tertiary/aromatic N) is 3. The molecule has 1 aliphatic carbocycles. The standard InChI is InChI=1S/C28H30N4O3S/c1-3-35-22-14-12-21(13-15-22)32-27(34)25(30(2)28(32)36)16-19-17-31(24-11-7-6-10-23(19)24)18-26(33)29-20-8-4-5-9-20/h6-7,10-17,20H,3-5,8-9,18H2,1-2H3,(H,29,33)/b25-16-. The van der Waals surface area contributed by atoms with Gasteiger partial charge in [0.2, 0.25) is 5.91 Å². The molecule has 0 atom stereocenters. The fourth-order valence-electron chi connectivity index (χ4n) is 5.01. The van der Waals surface area contributed by atoms with E-state index in [-0.39, 0.29) is 24.4 Å². The van der Waals surface area contributed by atoms with Crippen LogP contribution in [0.3, 0.4) is 0 Å². The first-order chi connectivity index (χ1) is 17.5. The van der Waals surface area contributed by atoms with Crippen molar-refractivity contribution >= 4 is 51.8 Å². The van der Waals surface area contributed by atoms with Crippen LogP contribution in [0.15, 0.2) is 60.4 Å². The van der Waals surface area contributed by atoms with E-state index in [1.807, 2.05) is 72.3 Å². The molecular weight excluding hydrogens is 472 g/mol. The molecule has 2 amide bonds. The number of anilines is 1. The second-order valence-corrected chi connectivity index (χ2v) is 9.58. The van der Waals surface area contributed by atoms with Crippen molar-refractivity contribution in [2.75, 3.05) is 18.6 Å². The van der Waals surface area contributed by atoms with Gasteiger partial charge in [-0.25, -0.2) is 0 Å². The van der Waals surface area contributed by atoms with Gasteiger partial charge in [-0.1, -0.05) is 31.0 Å². The van der Waals surface area contributed by atoms with Gasteiger partial charge in [-0.05, 0) is 68.4 Å². The maximum absolute atomic E-state index is 13.5. The number of benzene rings is 2. The van der Waals surface area contributed by atoms with Gasteiger partial charge in [0, 0.05) is 35.8 Å². The topological polar surface area (TPSA) is 66.8 Å². The summed E-state index contributed by atoms with van der Waals surface area (Å²) in [6.45, 7) is 2.74. The average molecular weight is 503 g/mol. The van der Waals surface area contributed by atoms with Crippen LogP contribution in [0.5, 0.6) is 5.75 Å². The summed E-state index contributed by atoms with van der Waals surface area (Å²) in [5.74, 6) is 0.564. The van der Waals surface area contributed by atoms with Crippen molar-refractivity contribution in [1.29, 1.82) is 0 Å². The van der Waals surface area contributed by atoms with E-state index in [1.54, 1.807) is 11.9 Å². The molecule has 186 valence electrons.